The van der Waals surface area contributed by atoms with Crippen LogP contribution in [0.25, 0.3) is 0 Å². The first-order chi connectivity index (χ1) is 7.82. The molecule has 1 unspecified atom stereocenters. The van der Waals surface area contributed by atoms with Crippen molar-refractivity contribution in [2.24, 2.45) is 5.73 Å². The summed E-state index contributed by atoms with van der Waals surface area (Å²) in [7, 11) is 0. The first-order valence-corrected chi connectivity index (χ1v) is 6.00. The third-order valence-electron chi connectivity index (χ3n) is 2.87. The Morgan fingerprint density at radius 1 is 1.53 bits per heavy atom. The third-order valence-corrected chi connectivity index (χ3v) is 3.30. The van der Waals surface area contributed by atoms with Crippen LogP contribution in [-0.2, 0) is 6.42 Å². The minimum Gasteiger partial charge on any atom is -0.487 e. The third kappa shape index (κ3) is 2.17. The molecule has 1 heterocycles. The zero-order valence-corrected chi connectivity index (χ0v) is 11.0. The van der Waals surface area contributed by atoms with Gasteiger partial charge in [-0.3, -0.25) is 4.79 Å². The molecule has 1 aliphatic rings. The summed E-state index contributed by atoms with van der Waals surface area (Å²) < 4.78 is 5.74. The molecule has 4 heteroatoms. The van der Waals surface area contributed by atoms with Crippen LogP contribution >= 0.6 is 11.6 Å². The highest BCUT2D eigenvalue weighted by atomic mass is 35.5. The van der Waals surface area contributed by atoms with Crippen LogP contribution in [0, 0.1) is 0 Å². The molecule has 0 amide bonds. The summed E-state index contributed by atoms with van der Waals surface area (Å²) in [5.41, 5.74) is 6.73. The van der Waals surface area contributed by atoms with E-state index in [2.05, 4.69) is 0 Å². The second kappa shape index (κ2) is 4.00. The summed E-state index contributed by atoms with van der Waals surface area (Å²) in [5, 5.41) is 0.482. The van der Waals surface area contributed by atoms with Crippen molar-refractivity contribution < 1.29 is 9.53 Å². The quantitative estimate of drug-likeness (QED) is 0.825. The maximum atomic E-state index is 11.9. The van der Waals surface area contributed by atoms with Gasteiger partial charge in [0.25, 0.3) is 0 Å². The zero-order chi connectivity index (χ0) is 12.8. The minimum absolute atomic E-state index is 0.137. The normalized spacial score (nSPS) is 18.4. The Bertz CT molecular complexity index is 481. The molecule has 1 aliphatic heterocycles. The van der Waals surface area contributed by atoms with Crippen LogP contribution in [0.15, 0.2) is 12.1 Å². The molecule has 0 aliphatic carbocycles. The number of benzene rings is 1. The summed E-state index contributed by atoms with van der Waals surface area (Å²) in [4.78, 5) is 11.9. The predicted octanol–water partition coefficient (Wildman–Crippen LogP) is 2.58. The van der Waals surface area contributed by atoms with Gasteiger partial charge in [0.1, 0.15) is 11.4 Å². The van der Waals surface area contributed by atoms with Crippen LogP contribution < -0.4 is 10.5 Å². The van der Waals surface area contributed by atoms with Crippen molar-refractivity contribution in [3.63, 3.8) is 0 Å². The van der Waals surface area contributed by atoms with Crippen LogP contribution in [0.2, 0.25) is 5.02 Å². The highest BCUT2D eigenvalue weighted by Gasteiger charge is 2.33. The molecule has 0 radical (unpaired) electrons. The molecule has 2 rings (SSSR count). The maximum absolute atomic E-state index is 11.9. The van der Waals surface area contributed by atoms with Gasteiger partial charge in [-0.2, -0.15) is 0 Å². The van der Waals surface area contributed by atoms with Gasteiger partial charge in [0.05, 0.1) is 11.1 Å². The van der Waals surface area contributed by atoms with E-state index in [1.807, 2.05) is 13.8 Å². The fraction of sp³-hybridized carbons (Fsp3) is 0.462. The molecule has 0 bridgehead atoms. The molecule has 2 N–H and O–H groups in total. The molecule has 92 valence electrons. The Hall–Kier alpha value is -1.06. The van der Waals surface area contributed by atoms with E-state index < -0.39 is 6.04 Å². The summed E-state index contributed by atoms with van der Waals surface area (Å²) >= 11 is 6.26. The summed E-state index contributed by atoms with van der Waals surface area (Å²) in [5.74, 6) is 0.628. The smallest absolute Gasteiger partial charge is 0.180 e. The highest BCUT2D eigenvalue weighted by molar-refractivity contribution is 6.35. The van der Waals surface area contributed by atoms with Gasteiger partial charge in [-0.25, -0.2) is 0 Å². The molecule has 0 aromatic heterocycles. The molecular weight excluding hydrogens is 238 g/mol. The van der Waals surface area contributed by atoms with E-state index in [1.165, 1.54) is 0 Å². The fourth-order valence-electron chi connectivity index (χ4n) is 2.06. The Balaban J connectivity index is 2.46. The second-order valence-corrected chi connectivity index (χ2v) is 5.47. The van der Waals surface area contributed by atoms with Crippen LogP contribution in [0.5, 0.6) is 5.75 Å². The number of halogens is 1. The van der Waals surface area contributed by atoms with Crippen molar-refractivity contribution in [3.8, 4) is 5.75 Å². The number of rotatable bonds is 2. The number of hydrogen-bond donors (Lipinski definition) is 1. The number of carbonyl (C=O) groups excluding carboxylic acids is 1. The standard InChI is InChI=1S/C13H16ClNO2/c1-7(15)12(16)8-4-5-10-9(11(8)14)6-13(2,3)17-10/h4-5,7H,6,15H2,1-3H3. The first kappa shape index (κ1) is 12.4. The van der Waals surface area contributed by atoms with E-state index in [0.717, 1.165) is 11.3 Å². The number of hydrogen-bond acceptors (Lipinski definition) is 3. The molecule has 17 heavy (non-hydrogen) atoms. The number of ether oxygens (including phenoxy) is 1. The lowest BCUT2D eigenvalue weighted by Crippen LogP contribution is -2.27. The zero-order valence-electron chi connectivity index (χ0n) is 10.2. The van der Waals surface area contributed by atoms with Crippen LogP contribution in [0.1, 0.15) is 36.7 Å². The first-order valence-electron chi connectivity index (χ1n) is 5.62. The van der Waals surface area contributed by atoms with E-state index in [9.17, 15) is 4.79 Å². The van der Waals surface area contributed by atoms with Crippen LogP contribution in [-0.4, -0.2) is 17.4 Å². The Labute approximate surface area is 106 Å². The Morgan fingerprint density at radius 3 is 2.76 bits per heavy atom. The van der Waals surface area contributed by atoms with E-state index in [-0.39, 0.29) is 11.4 Å². The van der Waals surface area contributed by atoms with Gasteiger partial charge >= 0.3 is 0 Å². The maximum Gasteiger partial charge on any atom is 0.180 e. The molecule has 0 fully saturated rings. The molecular formula is C13H16ClNO2. The molecule has 0 saturated heterocycles. The largest absolute Gasteiger partial charge is 0.487 e. The van der Waals surface area contributed by atoms with Gasteiger partial charge in [-0.1, -0.05) is 11.6 Å². The SMILES string of the molecule is CC(N)C(=O)c1ccc2c(c1Cl)CC(C)(C)O2. The molecule has 0 spiro atoms. The number of nitrogens with two attached hydrogens (primary N) is 1. The lowest BCUT2D eigenvalue weighted by molar-refractivity contribution is 0.0968. The van der Waals surface area contributed by atoms with E-state index in [1.54, 1.807) is 19.1 Å². The van der Waals surface area contributed by atoms with Gasteiger partial charge < -0.3 is 10.5 Å². The average molecular weight is 254 g/mol. The number of ketones is 1. The molecule has 1 aromatic carbocycles. The molecule has 1 aromatic rings. The second-order valence-electron chi connectivity index (χ2n) is 5.10. The van der Waals surface area contributed by atoms with E-state index in [0.29, 0.717) is 17.0 Å². The molecule has 3 nitrogen and oxygen atoms in total. The van der Waals surface area contributed by atoms with Crippen LogP contribution in [0.3, 0.4) is 0 Å². The Kier molecular flexibility index (Phi) is 2.92. The van der Waals surface area contributed by atoms with Crippen molar-refractivity contribution in [1.29, 1.82) is 0 Å². The fourth-order valence-corrected chi connectivity index (χ4v) is 2.37. The van der Waals surface area contributed by atoms with E-state index in [4.69, 9.17) is 22.1 Å². The van der Waals surface area contributed by atoms with Gasteiger partial charge in [0.2, 0.25) is 0 Å². The lowest BCUT2D eigenvalue weighted by atomic mass is 9.97. The Morgan fingerprint density at radius 2 is 2.18 bits per heavy atom. The van der Waals surface area contributed by atoms with Crippen molar-refractivity contribution in [3.05, 3.63) is 28.3 Å². The van der Waals surface area contributed by atoms with Crippen molar-refractivity contribution in [1.82, 2.24) is 0 Å². The number of Topliss-reactive ketones (excluding diaryl/α,β-unsaturated/α-hetero) is 1. The highest BCUT2D eigenvalue weighted by Crippen LogP contribution is 2.40. The average Bonchev–Trinajstić information content (AvgIpc) is 2.53. The number of carbonyl (C=O) groups is 1. The monoisotopic (exact) mass is 253 g/mol. The number of fused-ring (bicyclic) bond motifs is 1. The summed E-state index contributed by atoms with van der Waals surface area (Å²) in [6, 6.07) is 2.95. The molecule has 1 atom stereocenters. The van der Waals surface area contributed by atoms with Crippen molar-refractivity contribution >= 4 is 17.4 Å². The summed E-state index contributed by atoms with van der Waals surface area (Å²) in [6.45, 7) is 5.65. The topological polar surface area (TPSA) is 52.3 Å². The van der Waals surface area contributed by atoms with Gasteiger partial charge in [-0.15, -0.1) is 0 Å². The van der Waals surface area contributed by atoms with Crippen molar-refractivity contribution in [2.45, 2.75) is 38.8 Å². The predicted molar refractivity (Wildman–Crippen MR) is 67.8 cm³/mol. The summed E-state index contributed by atoms with van der Waals surface area (Å²) in [6.07, 6.45) is 0.710. The molecule has 0 saturated carbocycles. The van der Waals surface area contributed by atoms with Gasteiger partial charge in [0, 0.05) is 17.5 Å². The van der Waals surface area contributed by atoms with Crippen molar-refractivity contribution in [2.75, 3.05) is 0 Å². The lowest BCUT2D eigenvalue weighted by Gasteiger charge is -2.16. The minimum atomic E-state index is -0.541. The van der Waals surface area contributed by atoms with E-state index >= 15 is 0 Å². The van der Waals surface area contributed by atoms with Gasteiger partial charge in [0.15, 0.2) is 5.78 Å². The van der Waals surface area contributed by atoms with Crippen LogP contribution in [0.4, 0.5) is 0 Å². The van der Waals surface area contributed by atoms with Gasteiger partial charge in [-0.05, 0) is 32.9 Å².